The van der Waals surface area contributed by atoms with Gasteiger partial charge in [0.25, 0.3) is 5.69 Å². The first-order chi connectivity index (χ1) is 9.97. The Morgan fingerprint density at radius 1 is 1.38 bits per heavy atom. The Bertz CT molecular complexity index is 652. The number of aryl methyl sites for hydroxylation is 1. The third-order valence-electron chi connectivity index (χ3n) is 3.03. The van der Waals surface area contributed by atoms with E-state index >= 15 is 0 Å². The van der Waals surface area contributed by atoms with Crippen molar-refractivity contribution in [2.75, 3.05) is 12.4 Å². The summed E-state index contributed by atoms with van der Waals surface area (Å²) >= 11 is 7.05. The van der Waals surface area contributed by atoms with Gasteiger partial charge in [0.15, 0.2) is 5.11 Å². The molecule has 1 N–H and O–H groups in total. The van der Waals surface area contributed by atoms with Gasteiger partial charge in [-0.2, -0.15) is 0 Å². The van der Waals surface area contributed by atoms with E-state index in [0.717, 1.165) is 12.2 Å². The highest BCUT2D eigenvalue weighted by Gasteiger charge is 2.09. The van der Waals surface area contributed by atoms with Crippen molar-refractivity contribution < 1.29 is 4.92 Å². The normalized spacial score (nSPS) is 10.2. The first-order valence-electron chi connectivity index (χ1n) is 6.27. The molecular weight excluding hydrogens is 306 g/mol. The van der Waals surface area contributed by atoms with E-state index in [1.807, 2.05) is 11.9 Å². The van der Waals surface area contributed by atoms with E-state index in [4.69, 9.17) is 12.2 Å². The highest BCUT2D eigenvalue weighted by atomic mass is 32.1. The number of anilines is 1. The van der Waals surface area contributed by atoms with Crippen LogP contribution in [0.15, 0.2) is 35.7 Å². The Morgan fingerprint density at radius 3 is 2.57 bits per heavy atom. The average Bonchev–Trinajstić information content (AvgIpc) is 2.84. The Labute approximate surface area is 132 Å². The number of non-ortho nitro benzene ring substituents is 1. The van der Waals surface area contributed by atoms with Crippen molar-refractivity contribution in [3.8, 4) is 0 Å². The molecule has 0 saturated heterocycles. The van der Waals surface area contributed by atoms with Crippen LogP contribution in [0.25, 0.3) is 0 Å². The molecule has 110 valence electrons. The van der Waals surface area contributed by atoms with Crippen molar-refractivity contribution in [1.82, 2.24) is 4.90 Å². The lowest BCUT2D eigenvalue weighted by Gasteiger charge is -2.20. The number of nitrogens with zero attached hydrogens (tertiary/aromatic N) is 2. The van der Waals surface area contributed by atoms with Gasteiger partial charge in [-0.25, -0.2) is 0 Å². The number of thiophene rings is 1. The fourth-order valence-electron chi connectivity index (χ4n) is 1.74. The number of thiocarbonyl (C=S) groups is 1. The molecule has 2 rings (SSSR count). The molecule has 1 aromatic carbocycles. The minimum atomic E-state index is -0.423. The van der Waals surface area contributed by atoms with Crippen molar-refractivity contribution in [2.45, 2.75) is 13.5 Å². The zero-order valence-corrected chi connectivity index (χ0v) is 13.3. The van der Waals surface area contributed by atoms with Gasteiger partial charge in [-0.3, -0.25) is 10.1 Å². The summed E-state index contributed by atoms with van der Waals surface area (Å²) in [5, 5.41) is 16.3. The number of nitro benzene ring substituents is 1. The summed E-state index contributed by atoms with van der Waals surface area (Å²) < 4.78 is 0. The highest BCUT2D eigenvalue weighted by Crippen LogP contribution is 2.19. The maximum absolute atomic E-state index is 10.6. The van der Waals surface area contributed by atoms with Crippen LogP contribution < -0.4 is 5.32 Å². The topological polar surface area (TPSA) is 58.4 Å². The molecule has 0 aliphatic heterocycles. The van der Waals surface area contributed by atoms with Crippen molar-refractivity contribution in [1.29, 1.82) is 0 Å². The molecule has 21 heavy (non-hydrogen) atoms. The maximum Gasteiger partial charge on any atom is 0.269 e. The summed E-state index contributed by atoms with van der Waals surface area (Å²) in [6.07, 6.45) is 0. The quantitative estimate of drug-likeness (QED) is 0.527. The number of hydrogen-bond acceptors (Lipinski definition) is 4. The van der Waals surface area contributed by atoms with E-state index in [-0.39, 0.29) is 5.69 Å². The second kappa shape index (κ2) is 6.64. The molecule has 1 aromatic heterocycles. The van der Waals surface area contributed by atoms with Crippen LogP contribution in [0.1, 0.15) is 10.4 Å². The standard InChI is InChI=1S/C14H15N3O2S2/c1-10-7-8-21-13(10)9-16(2)14(20)15-11-3-5-12(6-4-11)17(18)19/h3-8H,9H2,1-2H3,(H,15,20). The fraction of sp³-hybridized carbons (Fsp3) is 0.214. The highest BCUT2D eigenvalue weighted by molar-refractivity contribution is 7.80. The van der Waals surface area contributed by atoms with Gasteiger partial charge >= 0.3 is 0 Å². The predicted octanol–water partition coefficient (Wildman–Crippen LogP) is 3.79. The van der Waals surface area contributed by atoms with E-state index in [9.17, 15) is 10.1 Å². The molecule has 0 unspecified atom stereocenters. The van der Waals surface area contributed by atoms with E-state index in [1.54, 1.807) is 23.5 Å². The van der Waals surface area contributed by atoms with Gasteiger partial charge in [0.2, 0.25) is 0 Å². The SMILES string of the molecule is Cc1ccsc1CN(C)C(=S)Nc1ccc([N+](=O)[O-])cc1. The molecule has 5 nitrogen and oxygen atoms in total. The van der Waals surface area contributed by atoms with Crippen LogP contribution in [0.4, 0.5) is 11.4 Å². The molecule has 0 spiro atoms. The first-order valence-corrected chi connectivity index (χ1v) is 7.55. The summed E-state index contributed by atoms with van der Waals surface area (Å²) in [4.78, 5) is 13.4. The smallest absolute Gasteiger partial charge is 0.269 e. The molecule has 1 heterocycles. The second-order valence-corrected chi connectivity index (χ2v) is 6.00. The van der Waals surface area contributed by atoms with Crippen LogP contribution in [0.5, 0.6) is 0 Å². The summed E-state index contributed by atoms with van der Waals surface area (Å²) in [5.74, 6) is 0. The average molecular weight is 321 g/mol. The molecular formula is C14H15N3O2S2. The Morgan fingerprint density at radius 2 is 2.05 bits per heavy atom. The minimum absolute atomic E-state index is 0.0639. The van der Waals surface area contributed by atoms with Crippen LogP contribution in [-0.2, 0) is 6.54 Å². The van der Waals surface area contributed by atoms with Gasteiger partial charge in [0.05, 0.1) is 11.5 Å². The Hall–Kier alpha value is -1.99. The maximum atomic E-state index is 10.6. The summed E-state index contributed by atoms with van der Waals surface area (Å²) in [5.41, 5.74) is 2.05. The molecule has 0 bridgehead atoms. The van der Waals surface area contributed by atoms with Gasteiger partial charge in [-0.05, 0) is 48.3 Å². The number of benzene rings is 1. The van der Waals surface area contributed by atoms with Crippen LogP contribution in [0.2, 0.25) is 0 Å². The second-order valence-electron chi connectivity index (χ2n) is 4.62. The number of rotatable bonds is 4. The molecule has 0 radical (unpaired) electrons. The third-order valence-corrected chi connectivity index (χ3v) is 4.45. The molecule has 0 amide bonds. The zero-order valence-electron chi connectivity index (χ0n) is 11.7. The van der Waals surface area contributed by atoms with Crippen molar-refractivity contribution in [2.24, 2.45) is 0 Å². The number of nitrogens with one attached hydrogen (secondary N) is 1. The van der Waals surface area contributed by atoms with E-state index in [1.165, 1.54) is 22.6 Å². The van der Waals surface area contributed by atoms with Crippen LogP contribution >= 0.6 is 23.6 Å². The van der Waals surface area contributed by atoms with Gasteiger partial charge < -0.3 is 10.2 Å². The zero-order chi connectivity index (χ0) is 15.4. The predicted molar refractivity (Wildman–Crippen MR) is 89.8 cm³/mol. The summed E-state index contributed by atoms with van der Waals surface area (Å²) in [7, 11) is 1.92. The fourth-order valence-corrected chi connectivity index (χ4v) is 2.88. The van der Waals surface area contributed by atoms with Crippen molar-refractivity contribution in [3.05, 3.63) is 56.3 Å². The molecule has 0 saturated carbocycles. The van der Waals surface area contributed by atoms with Gasteiger partial charge in [-0.15, -0.1) is 11.3 Å². The molecule has 2 aromatic rings. The van der Waals surface area contributed by atoms with Crippen molar-refractivity contribution in [3.63, 3.8) is 0 Å². The van der Waals surface area contributed by atoms with E-state index < -0.39 is 4.92 Å². The van der Waals surface area contributed by atoms with Crippen LogP contribution in [0, 0.1) is 17.0 Å². The lowest BCUT2D eigenvalue weighted by molar-refractivity contribution is -0.384. The van der Waals surface area contributed by atoms with E-state index in [2.05, 4.69) is 23.7 Å². The number of nitro groups is 1. The summed E-state index contributed by atoms with van der Waals surface area (Å²) in [6, 6.07) is 8.28. The monoisotopic (exact) mass is 321 g/mol. The lowest BCUT2D eigenvalue weighted by Crippen LogP contribution is -2.30. The molecule has 7 heteroatoms. The number of hydrogen-bond donors (Lipinski definition) is 1. The van der Waals surface area contributed by atoms with Gasteiger partial charge in [0, 0.05) is 29.7 Å². The first kappa shape index (κ1) is 15.4. The molecule has 0 aliphatic carbocycles. The molecule has 0 atom stereocenters. The van der Waals surface area contributed by atoms with E-state index in [0.29, 0.717) is 5.11 Å². The van der Waals surface area contributed by atoms with Crippen LogP contribution in [-0.4, -0.2) is 22.0 Å². The molecule has 0 fully saturated rings. The summed E-state index contributed by atoms with van der Waals surface area (Å²) in [6.45, 7) is 2.81. The lowest BCUT2D eigenvalue weighted by atomic mass is 10.3. The molecule has 0 aliphatic rings. The third kappa shape index (κ3) is 3.99. The Balaban J connectivity index is 1.97. The van der Waals surface area contributed by atoms with Gasteiger partial charge in [0.1, 0.15) is 0 Å². The van der Waals surface area contributed by atoms with Crippen molar-refractivity contribution >= 4 is 40.0 Å². The minimum Gasteiger partial charge on any atom is -0.347 e. The largest absolute Gasteiger partial charge is 0.347 e. The van der Waals surface area contributed by atoms with Gasteiger partial charge in [-0.1, -0.05) is 0 Å². The Kier molecular flexibility index (Phi) is 4.87. The van der Waals surface area contributed by atoms with Crippen LogP contribution in [0.3, 0.4) is 0 Å².